The molecule has 0 aliphatic heterocycles. The molecule has 0 saturated carbocycles. The number of aromatic nitrogens is 3. The van der Waals surface area contributed by atoms with Crippen LogP contribution in [-0.4, -0.2) is 21.5 Å². The highest BCUT2D eigenvalue weighted by Crippen LogP contribution is 2.15. The van der Waals surface area contributed by atoms with Crippen LogP contribution in [0.3, 0.4) is 0 Å². The Morgan fingerprint density at radius 2 is 1.71 bits per heavy atom. The van der Waals surface area contributed by atoms with Gasteiger partial charge in [0.1, 0.15) is 0 Å². The normalized spacial score (nSPS) is 10.4. The van der Waals surface area contributed by atoms with Gasteiger partial charge in [0.25, 0.3) is 0 Å². The number of hydrogen-bond acceptors (Lipinski definition) is 5. The fourth-order valence-electron chi connectivity index (χ4n) is 1.89. The maximum absolute atomic E-state index is 5.94. The average molecular weight is 306 g/mol. The van der Waals surface area contributed by atoms with Gasteiger partial charge in [-0.05, 0) is 30.2 Å². The topological polar surface area (TPSA) is 62.7 Å². The summed E-state index contributed by atoms with van der Waals surface area (Å²) in [6, 6.07) is 9.72. The standard InChI is InChI=1S/C15H20ClN5/c1-2-3-4-8-11-17-14-19-13(16)20-15(21-14)18-12-9-6-5-7-10-12/h5-7,9-10H,2-4,8,11H2,1H3,(H2,17,18,19,20,21). The van der Waals surface area contributed by atoms with Gasteiger partial charge in [0.15, 0.2) is 0 Å². The lowest BCUT2D eigenvalue weighted by Crippen LogP contribution is -2.08. The molecule has 21 heavy (non-hydrogen) atoms. The molecule has 2 aromatic rings. The van der Waals surface area contributed by atoms with Crippen LogP contribution in [0.4, 0.5) is 17.6 Å². The monoisotopic (exact) mass is 305 g/mol. The van der Waals surface area contributed by atoms with E-state index in [0.29, 0.717) is 11.9 Å². The number of nitrogens with one attached hydrogen (secondary N) is 2. The highest BCUT2D eigenvalue weighted by molar-refractivity contribution is 6.28. The van der Waals surface area contributed by atoms with Crippen LogP contribution < -0.4 is 10.6 Å². The van der Waals surface area contributed by atoms with Crippen LogP contribution in [0.15, 0.2) is 30.3 Å². The molecule has 2 rings (SSSR count). The molecule has 0 unspecified atom stereocenters. The summed E-state index contributed by atoms with van der Waals surface area (Å²) in [4.78, 5) is 12.5. The number of rotatable bonds is 8. The summed E-state index contributed by atoms with van der Waals surface area (Å²) in [6.07, 6.45) is 4.78. The highest BCUT2D eigenvalue weighted by Gasteiger charge is 2.04. The molecule has 0 atom stereocenters. The van der Waals surface area contributed by atoms with Gasteiger partial charge in [-0.2, -0.15) is 15.0 Å². The number of para-hydroxylation sites is 1. The van der Waals surface area contributed by atoms with E-state index in [0.717, 1.165) is 18.7 Å². The van der Waals surface area contributed by atoms with Crippen molar-refractivity contribution in [1.82, 2.24) is 15.0 Å². The maximum Gasteiger partial charge on any atom is 0.233 e. The predicted molar refractivity (Wildman–Crippen MR) is 87.2 cm³/mol. The summed E-state index contributed by atoms with van der Waals surface area (Å²) < 4.78 is 0. The molecule has 0 amide bonds. The van der Waals surface area contributed by atoms with Gasteiger partial charge in [0.2, 0.25) is 17.2 Å². The van der Waals surface area contributed by atoms with E-state index in [1.54, 1.807) is 0 Å². The summed E-state index contributed by atoms with van der Waals surface area (Å²) in [5, 5.41) is 6.47. The van der Waals surface area contributed by atoms with Gasteiger partial charge in [-0.15, -0.1) is 0 Å². The Morgan fingerprint density at radius 1 is 0.952 bits per heavy atom. The lowest BCUT2D eigenvalue weighted by atomic mass is 10.2. The highest BCUT2D eigenvalue weighted by atomic mass is 35.5. The van der Waals surface area contributed by atoms with E-state index in [4.69, 9.17) is 11.6 Å². The SMILES string of the molecule is CCCCCCNc1nc(Cl)nc(Nc2ccccc2)n1. The lowest BCUT2D eigenvalue weighted by Gasteiger charge is -2.08. The first-order chi connectivity index (χ1) is 10.3. The van der Waals surface area contributed by atoms with E-state index in [2.05, 4.69) is 32.5 Å². The third-order valence-corrected chi connectivity index (χ3v) is 3.12. The molecule has 0 fully saturated rings. The van der Waals surface area contributed by atoms with Crippen molar-refractivity contribution in [2.75, 3.05) is 17.2 Å². The van der Waals surface area contributed by atoms with Crippen molar-refractivity contribution in [1.29, 1.82) is 0 Å². The van der Waals surface area contributed by atoms with Gasteiger partial charge in [0.05, 0.1) is 0 Å². The molecule has 1 aromatic heterocycles. The van der Waals surface area contributed by atoms with E-state index in [-0.39, 0.29) is 5.28 Å². The molecule has 0 saturated heterocycles. The zero-order chi connectivity index (χ0) is 14.9. The Labute approximate surface area is 130 Å². The predicted octanol–water partition coefficient (Wildman–Crippen LogP) is 4.26. The van der Waals surface area contributed by atoms with Crippen molar-refractivity contribution in [2.24, 2.45) is 0 Å². The number of benzene rings is 1. The Balaban J connectivity index is 1.94. The molecule has 0 aliphatic carbocycles. The van der Waals surface area contributed by atoms with Gasteiger partial charge in [-0.1, -0.05) is 44.4 Å². The van der Waals surface area contributed by atoms with Crippen LogP contribution in [0.5, 0.6) is 0 Å². The Bertz CT molecular complexity index is 547. The van der Waals surface area contributed by atoms with Crippen molar-refractivity contribution in [3.05, 3.63) is 35.6 Å². The van der Waals surface area contributed by atoms with Crippen molar-refractivity contribution in [2.45, 2.75) is 32.6 Å². The number of halogens is 1. The van der Waals surface area contributed by atoms with Crippen LogP contribution >= 0.6 is 11.6 Å². The van der Waals surface area contributed by atoms with Gasteiger partial charge >= 0.3 is 0 Å². The minimum atomic E-state index is 0.180. The summed E-state index contributed by atoms with van der Waals surface area (Å²) in [6.45, 7) is 3.03. The Hall–Kier alpha value is -1.88. The second kappa shape index (κ2) is 8.42. The Morgan fingerprint density at radius 3 is 2.48 bits per heavy atom. The first kappa shape index (κ1) is 15.5. The average Bonchev–Trinajstić information content (AvgIpc) is 2.47. The van der Waals surface area contributed by atoms with Crippen LogP contribution in [0.2, 0.25) is 5.28 Å². The van der Waals surface area contributed by atoms with Crippen LogP contribution in [0.1, 0.15) is 32.6 Å². The lowest BCUT2D eigenvalue weighted by molar-refractivity contribution is 0.683. The molecule has 0 radical (unpaired) electrons. The fraction of sp³-hybridized carbons (Fsp3) is 0.400. The van der Waals surface area contributed by atoms with E-state index < -0.39 is 0 Å². The minimum Gasteiger partial charge on any atom is -0.354 e. The molecule has 0 bridgehead atoms. The summed E-state index contributed by atoms with van der Waals surface area (Å²) in [7, 11) is 0. The largest absolute Gasteiger partial charge is 0.354 e. The van der Waals surface area contributed by atoms with E-state index in [1.807, 2.05) is 30.3 Å². The first-order valence-electron chi connectivity index (χ1n) is 7.25. The molecular formula is C15H20ClN5. The van der Waals surface area contributed by atoms with Crippen LogP contribution in [0.25, 0.3) is 0 Å². The number of anilines is 3. The third-order valence-electron chi connectivity index (χ3n) is 2.95. The fourth-order valence-corrected chi connectivity index (χ4v) is 2.05. The smallest absolute Gasteiger partial charge is 0.233 e. The Kier molecular flexibility index (Phi) is 6.22. The first-order valence-corrected chi connectivity index (χ1v) is 7.63. The molecule has 6 heteroatoms. The molecule has 2 N–H and O–H groups in total. The second-order valence-electron chi connectivity index (χ2n) is 4.73. The quantitative estimate of drug-likeness (QED) is 0.713. The van der Waals surface area contributed by atoms with Gasteiger partial charge in [-0.25, -0.2) is 0 Å². The van der Waals surface area contributed by atoms with E-state index >= 15 is 0 Å². The third kappa shape index (κ3) is 5.55. The van der Waals surface area contributed by atoms with Crippen molar-refractivity contribution < 1.29 is 0 Å². The van der Waals surface area contributed by atoms with E-state index in [1.165, 1.54) is 19.3 Å². The summed E-state index contributed by atoms with van der Waals surface area (Å²) in [5.41, 5.74) is 0.911. The second-order valence-corrected chi connectivity index (χ2v) is 5.07. The number of hydrogen-bond donors (Lipinski definition) is 2. The van der Waals surface area contributed by atoms with Crippen molar-refractivity contribution in [3.8, 4) is 0 Å². The molecule has 112 valence electrons. The number of nitrogens with zero attached hydrogens (tertiary/aromatic N) is 3. The molecule has 1 aromatic carbocycles. The van der Waals surface area contributed by atoms with Crippen LogP contribution in [0, 0.1) is 0 Å². The zero-order valence-electron chi connectivity index (χ0n) is 12.1. The maximum atomic E-state index is 5.94. The molecule has 1 heterocycles. The summed E-state index contributed by atoms with van der Waals surface area (Å²) in [5.74, 6) is 0.946. The van der Waals surface area contributed by atoms with Crippen LogP contribution in [-0.2, 0) is 0 Å². The summed E-state index contributed by atoms with van der Waals surface area (Å²) >= 11 is 5.94. The minimum absolute atomic E-state index is 0.180. The number of unbranched alkanes of at least 4 members (excludes halogenated alkanes) is 3. The molecular weight excluding hydrogens is 286 g/mol. The van der Waals surface area contributed by atoms with Crippen molar-refractivity contribution in [3.63, 3.8) is 0 Å². The van der Waals surface area contributed by atoms with Gasteiger partial charge in [0, 0.05) is 12.2 Å². The zero-order valence-corrected chi connectivity index (χ0v) is 12.9. The molecule has 0 aliphatic rings. The molecule has 5 nitrogen and oxygen atoms in total. The molecule has 0 spiro atoms. The van der Waals surface area contributed by atoms with Gasteiger partial charge in [-0.3, -0.25) is 0 Å². The van der Waals surface area contributed by atoms with E-state index in [9.17, 15) is 0 Å². The van der Waals surface area contributed by atoms with Crippen molar-refractivity contribution >= 4 is 29.2 Å². The van der Waals surface area contributed by atoms with Gasteiger partial charge < -0.3 is 10.6 Å².